The van der Waals surface area contributed by atoms with Gasteiger partial charge in [0, 0.05) is 18.6 Å². The fourth-order valence-electron chi connectivity index (χ4n) is 0.361. The monoisotopic (exact) mass is 173 g/mol. The number of hydrogen-bond donors (Lipinski definition) is 0. The third-order valence-electron chi connectivity index (χ3n) is 0.702. The molecule has 0 aliphatic heterocycles. The molecule has 0 aliphatic rings. The molecule has 0 nitrogen and oxygen atoms in total. The second kappa shape index (κ2) is 7.39. The second-order valence-corrected chi connectivity index (χ2v) is 1.37. The largest absolute Gasteiger partial charge is 0.999 e. The van der Waals surface area contributed by atoms with Gasteiger partial charge in [-0.3, -0.25) is 0 Å². The van der Waals surface area contributed by atoms with E-state index < -0.39 is 0 Å². The first kappa shape index (κ1) is 10.3. The Labute approximate surface area is 79.5 Å². The van der Waals surface area contributed by atoms with E-state index in [9.17, 15) is 0 Å². The van der Waals surface area contributed by atoms with Crippen molar-refractivity contribution in [2.24, 2.45) is 0 Å². The van der Waals surface area contributed by atoms with E-state index in [1.54, 1.807) is 12.1 Å². The summed E-state index contributed by atoms with van der Waals surface area (Å²) in [5.74, 6) is 0. The number of rotatable bonds is 0. The van der Waals surface area contributed by atoms with Crippen LogP contribution in [-0.4, -0.2) is 0 Å². The molecule has 0 heterocycles. The van der Waals surface area contributed by atoms with E-state index in [0.29, 0.717) is 0 Å². The maximum atomic E-state index is 2.62. The molecule has 0 saturated heterocycles. The predicted molar refractivity (Wildman–Crippen MR) is 34.8 cm³/mol. The van der Waals surface area contributed by atoms with Crippen LogP contribution in [0.15, 0.2) is 12.1 Å². The van der Waals surface area contributed by atoms with E-state index in [4.69, 9.17) is 0 Å². The summed E-state index contributed by atoms with van der Waals surface area (Å²) in [4.78, 5) is 0. The first-order valence-electron chi connectivity index (χ1n) is 2.65. The molecule has 0 aromatic heterocycles. The van der Waals surface area contributed by atoms with Crippen LogP contribution in [-0.2, 0) is 18.6 Å². The van der Waals surface area contributed by atoms with Gasteiger partial charge in [0.1, 0.15) is 0 Å². The fraction of sp³-hybridized carbons (Fsp3) is 0. The van der Waals surface area contributed by atoms with Gasteiger partial charge in [-0.15, -0.1) is 0 Å². The van der Waals surface area contributed by atoms with Crippen molar-refractivity contribution in [1.82, 2.24) is 0 Å². The summed E-state index contributed by atoms with van der Waals surface area (Å²) in [6, 6.07) is 24.0. The minimum absolute atomic E-state index is 0. The Morgan fingerprint density at radius 3 is 0.909 bits per heavy atom. The molecule has 1 radical (unpaired) electrons. The van der Waals surface area contributed by atoms with Crippen molar-refractivity contribution in [3.63, 3.8) is 0 Å². The van der Waals surface area contributed by atoms with Crippen LogP contribution < -0.4 is 0 Å². The van der Waals surface area contributed by atoms with Gasteiger partial charge in [-0.2, -0.15) is 0 Å². The van der Waals surface area contributed by atoms with Crippen LogP contribution in [0.25, 0.3) is 0 Å². The van der Waals surface area contributed by atoms with Gasteiger partial charge in [-0.1, -0.05) is 0 Å². The molecule has 0 amide bonds. The van der Waals surface area contributed by atoms with Crippen molar-refractivity contribution in [3.8, 4) is 0 Å². The molecule has 1 heteroatoms. The van der Waals surface area contributed by atoms with E-state index in [2.05, 4.69) is 48.5 Å². The van der Waals surface area contributed by atoms with Gasteiger partial charge < -0.3 is 60.7 Å². The van der Waals surface area contributed by atoms with Gasteiger partial charge in [-0.25, -0.2) is 0 Å². The summed E-state index contributed by atoms with van der Waals surface area (Å²) in [7, 11) is 0. The standard InChI is InChI=1S/2C5H.V/c2*1-2-4-5-3-1;/h2*1H;/q2*-5;. The molecule has 0 spiro atoms. The smallest absolute Gasteiger partial charge is 0 e. The topological polar surface area (TPSA) is 0 Å². The van der Waals surface area contributed by atoms with Gasteiger partial charge in [0.25, 0.3) is 0 Å². The van der Waals surface area contributed by atoms with E-state index in [1.165, 1.54) is 0 Å². The van der Waals surface area contributed by atoms with Gasteiger partial charge in [0.15, 0.2) is 0 Å². The maximum Gasteiger partial charge on any atom is 0 e. The Balaban J connectivity index is 0.000000167. The Morgan fingerprint density at radius 2 is 0.818 bits per heavy atom. The second-order valence-electron chi connectivity index (χ2n) is 1.37. The quantitative estimate of drug-likeness (QED) is 0.525. The molecule has 0 bridgehead atoms. The van der Waals surface area contributed by atoms with E-state index >= 15 is 0 Å². The van der Waals surface area contributed by atoms with Crippen LogP contribution in [0.4, 0.5) is 0 Å². The van der Waals surface area contributed by atoms with Crippen LogP contribution >= 0.6 is 0 Å². The SMILES string of the molecule is [V].[c-]1[c-][c-][cH-][c-]1.[c-]1[c-][c-][cH-][c-]1. The molecular formula is C10H2V-10. The van der Waals surface area contributed by atoms with Crippen LogP contribution in [0.2, 0.25) is 0 Å². The average Bonchev–Trinajstić information content (AvgIpc) is 2.67. The molecule has 0 saturated carbocycles. The van der Waals surface area contributed by atoms with Gasteiger partial charge in [0.05, 0.1) is 0 Å². The normalized spacial score (nSPS) is 7.27. The first-order chi connectivity index (χ1) is 5.00. The summed E-state index contributed by atoms with van der Waals surface area (Å²) >= 11 is 0. The van der Waals surface area contributed by atoms with Crippen molar-refractivity contribution >= 4 is 0 Å². The van der Waals surface area contributed by atoms with Crippen molar-refractivity contribution < 1.29 is 18.6 Å². The molecule has 11 heavy (non-hydrogen) atoms. The molecule has 2 aromatic carbocycles. The van der Waals surface area contributed by atoms with Crippen LogP contribution in [0.1, 0.15) is 0 Å². The van der Waals surface area contributed by atoms with Crippen LogP contribution in [0, 0.1) is 48.5 Å². The Morgan fingerprint density at radius 1 is 0.545 bits per heavy atom. The molecule has 2 aromatic rings. The summed E-state index contributed by atoms with van der Waals surface area (Å²) in [6.07, 6.45) is 0. The summed E-state index contributed by atoms with van der Waals surface area (Å²) in [5.41, 5.74) is 0. The summed E-state index contributed by atoms with van der Waals surface area (Å²) in [5, 5.41) is 0. The van der Waals surface area contributed by atoms with E-state index in [1.807, 2.05) is 0 Å². The average molecular weight is 173 g/mol. The zero-order chi connectivity index (χ0) is 7.07. The minimum Gasteiger partial charge on any atom is -0.999 e. The Hall–Kier alpha value is -0.716. The molecule has 2 rings (SSSR count). The zero-order valence-electron chi connectivity index (χ0n) is 5.60. The Kier molecular flexibility index (Phi) is 6.91. The van der Waals surface area contributed by atoms with Gasteiger partial charge in [-0.05, 0) is 0 Å². The van der Waals surface area contributed by atoms with Crippen LogP contribution in [0.5, 0.6) is 0 Å². The molecule has 0 aliphatic carbocycles. The zero-order valence-corrected chi connectivity index (χ0v) is 7.00. The first-order valence-corrected chi connectivity index (χ1v) is 2.65. The Bertz CT molecular complexity index is 144. The van der Waals surface area contributed by atoms with Gasteiger partial charge in [0.2, 0.25) is 0 Å². The molecule has 0 N–H and O–H groups in total. The maximum absolute atomic E-state index is 2.62. The van der Waals surface area contributed by atoms with Crippen molar-refractivity contribution in [1.29, 1.82) is 0 Å². The summed E-state index contributed by atoms with van der Waals surface area (Å²) in [6.45, 7) is 0. The molecule has 57 valence electrons. The summed E-state index contributed by atoms with van der Waals surface area (Å²) < 4.78 is 0. The van der Waals surface area contributed by atoms with E-state index in [0.717, 1.165) is 0 Å². The molecular weight excluding hydrogens is 171 g/mol. The van der Waals surface area contributed by atoms with E-state index in [-0.39, 0.29) is 18.6 Å². The molecule has 0 atom stereocenters. The number of hydrogen-bond acceptors (Lipinski definition) is 0. The van der Waals surface area contributed by atoms with Crippen molar-refractivity contribution in [2.75, 3.05) is 0 Å². The van der Waals surface area contributed by atoms with Crippen molar-refractivity contribution in [2.45, 2.75) is 0 Å². The fourth-order valence-corrected chi connectivity index (χ4v) is 0.361. The predicted octanol–water partition coefficient (Wildman–Crippen LogP) is 1.21. The van der Waals surface area contributed by atoms with Gasteiger partial charge >= 0.3 is 0 Å². The third kappa shape index (κ3) is 5.72. The van der Waals surface area contributed by atoms with Crippen molar-refractivity contribution in [3.05, 3.63) is 60.7 Å². The molecule has 0 fully saturated rings. The minimum atomic E-state index is 0. The van der Waals surface area contributed by atoms with Crippen LogP contribution in [0.3, 0.4) is 0 Å². The third-order valence-corrected chi connectivity index (χ3v) is 0.702. The molecule has 0 unspecified atom stereocenters.